The van der Waals surface area contributed by atoms with Crippen LogP contribution >= 0.6 is 0 Å². The fourth-order valence-corrected chi connectivity index (χ4v) is 2.63. The molecule has 6 nitrogen and oxygen atoms in total. The maximum atomic E-state index is 12.2. The third-order valence-corrected chi connectivity index (χ3v) is 4.04. The number of ether oxygens (including phenoxy) is 1. The van der Waals surface area contributed by atoms with Gasteiger partial charge >= 0.3 is 12.3 Å². The molecule has 3 rings (SSSR count). The summed E-state index contributed by atoms with van der Waals surface area (Å²) in [7, 11) is 0. The Hall–Kier alpha value is -2.71. The van der Waals surface area contributed by atoms with Gasteiger partial charge in [0.1, 0.15) is 17.0 Å². The molecule has 0 atom stereocenters. The summed E-state index contributed by atoms with van der Waals surface area (Å²) in [4.78, 5) is 26.2. The number of aromatic amines is 1. The van der Waals surface area contributed by atoms with Crippen LogP contribution in [0, 0.1) is 0 Å². The molecule has 2 aromatic rings. The molecule has 1 fully saturated rings. The van der Waals surface area contributed by atoms with Gasteiger partial charge in [0.25, 0.3) is 5.91 Å². The minimum Gasteiger partial charge on any atom is -0.480 e. The van der Waals surface area contributed by atoms with Crippen molar-refractivity contribution < 1.29 is 32.6 Å². The second-order valence-electron chi connectivity index (χ2n) is 5.67. The largest absolute Gasteiger partial charge is 0.573 e. The van der Waals surface area contributed by atoms with Crippen molar-refractivity contribution in [3.63, 3.8) is 0 Å². The van der Waals surface area contributed by atoms with Crippen molar-refractivity contribution in [3.8, 4) is 5.75 Å². The second kappa shape index (κ2) is 5.43. The number of H-pyrrole nitrogens is 1. The number of benzene rings is 1. The van der Waals surface area contributed by atoms with Crippen LogP contribution in [-0.2, 0) is 4.79 Å². The Balaban J connectivity index is 1.82. The monoisotopic (exact) mass is 342 g/mol. The summed E-state index contributed by atoms with van der Waals surface area (Å²) >= 11 is 0. The molecule has 0 spiro atoms. The van der Waals surface area contributed by atoms with Gasteiger partial charge in [-0.05, 0) is 37.5 Å². The zero-order chi connectivity index (χ0) is 17.5. The number of alkyl halides is 3. The van der Waals surface area contributed by atoms with E-state index in [9.17, 15) is 27.9 Å². The number of hydrogen-bond donors (Lipinski definition) is 3. The van der Waals surface area contributed by atoms with Crippen LogP contribution in [-0.4, -0.2) is 33.9 Å². The van der Waals surface area contributed by atoms with E-state index < -0.39 is 29.5 Å². The molecule has 1 aromatic heterocycles. The molecule has 1 aliphatic rings. The van der Waals surface area contributed by atoms with Gasteiger partial charge in [0.15, 0.2) is 0 Å². The molecule has 0 aliphatic heterocycles. The summed E-state index contributed by atoms with van der Waals surface area (Å²) in [6.07, 6.45) is -3.41. The van der Waals surface area contributed by atoms with Crippen molar-refractivity contribution in [3.05, 3.63) is 30.0 Å². The van der Waals surface area contributed by atoms with Crippen molar-refractivity contribution in [1.82, 2.24) is 10.3 Å². The van der Waals surface area contributed by atoms with Crippen molar-refractivity contribution >= 4 is 22.8 Å². The summed E-state index contributed by atoms with van der Waals surface area (Å²) in [6, 6.07) is 5.07. The Labute approximate surface area is 133 Å². The van der Waals surface area contributed by atoms with Gasteiger partial charge in [0, 0.05) is 17.0 Å². The van der Waals surface area contributed by atoms with Crippen LogP contribution in [0.2, 0.25) is 0 Å². The van der Waals surface area contributed by atoms with E-state index in [1.54, 1.807) is 0 Å². The lowest BCUT2D eigenvalue weighted by Gasteiger charge is -2.38. The molecule has 1 aromatic carbocycles. The zero-order valence-electron chi connectivity index (χ0n) is 12.2. The number of amides is 1. The van der Waals surface area contributed by atoms with Crippen molar-refractivity contribution in [1.29, 1.82) is 0 Å². The van der Waals surface area contributed by atoms with Gasteiger partial charge in [-0.25, -0.2) is 4.79 Å². The van der Waals surface area contributed by atoms with E-state index in [1.807, 2.05) is 0 Å². The van der Waals surface area contributed by atoms with Crippen molar-refractivity contribution in [2.45, 2.75) is 31.2 Å². The number of fused-ring (bicyclic) bond motifs is 1. The van der Waals surface area contributed by atoms with Gasteiger partial charge in [0.2, 0.25) is 0 Å². The molecule has 0 saturated heterocycles. The second-order valence-corrected chi connectivity index (χ2v) is 5.67. The van der Waals surface area contributed by atoms with E-state index in [0.29, 0.717) is 24.6 Å². The number of carbonyl (C=O) groups excluding carboxylic acids is 1. The standard InChI is InChI=1S/C15H13F3N2O4/c16-15(17,18)24-9-3-2-8-6-11(19-10(8)7-9)12(21)20-14(13(22)23)4-1-5-14/h2-3,6-7,19H,1,4-5H2,(H,20,21)(H,22,23). The Morgan fingerprint density at radius 3 is 2.50 bits per heavy atom. The minimum absolute atomic E-state index is 0.0710. The predicted molar refractivity (Wildman–Crippen MR) is 76.7 cm³/mol. The molecule has 3 N–H and O–H groups in total. The first kappa shape index (κ1) is 16.2. The van der Waals surface area contributed by atoms with E-state index in [4.69, 9.17) is 0 Å². The lowest BCUT2D eigenvalue weighted by atomic mass is 9.76. The number of carbonyl (C=O) groups is 2. The van der Waals surface area contributed by atoms with Crippen LogP contribution in [0.5, 0.6) is 5.75 Å². The van der Waals surface area contributed by atoms with Crippen LogP contribution in [0.15, 0.2) is 24.3 Å². The van der Waals surface area contributed by atoms with Crippen LogP contribution in [0.25, 0.3) is 10.9 Å². The van der Waals surface area contributed by atoms with E-state index >= 15 is 0 Å². The number of aliphatic carboxylic acids is 1. The minimum atomic E-state index is -4.81. The smallest absolute Gasteiger partial charge is 0.480 e. The van der Waals surface area contributed by atoms with E-state index in [0.717, 1.165) is 12.1 Å². The number of nitrogens with one attached hydrogen (secondary N) is 2. The van der Waals surface area contributed by atoms with Crippen LogP contribution < -0.4 is 10.1 Å². The summed E-state index contributed by atoms with van der Waals surface area (Å²) in [6.45, 7) is 0. The molecule has 1 amide bonds. The predicted octanol–water partition coefficient (Wildman–Crippen LogP) is 2.80. The number of carboxylic acid groups (broad SMARTS) is 1. The van der Waals surface area contributed by atoms with Gasteiger partial charge in [-0.1, -0.05) is 0 Å². The molecule has 1 aliphatic carbocycles. The molecule has 0 unspecified atom stereocenters. The highest BCUT2D eigenvalue weighted by Crippen LogP contribution is 2.32. The van der Waals surface area contributed by atoms with E-state index in [-0.39, 0.29) is 11.2 Å². The number of rotatable bonds is 4. The van der Waals surface area contributed by atoms with Crippen LogP contribution in [0.3, 0.4) is 0 Å². The molecular weight excluding hydrogens is 329 g/mol. The lowest BCUT2D eigenvalue weighted by Crippen LogP contribution is -2.59. The number of hydrogen-bond acceptors (Lipinski definition) is 3. The summed E-state index contributed by atoms with van der Waals surface area (Å²) in [5.74, 6) is -2.13. The van der Waals surface area contributed by atoms with E-state index in [2.05, 4.69) is 15.0 Å². The molecule has 1 heterocycles. The summed E-state index contributed by atoms with van der Waals surface area (Å²) < 4.78 is 40.5. The highest BCUT2D eigenvalue weighted by molar-refractivity contribution is 6.00. The van der Waals surface area contributed by atoms with Crippen LogP contribution in [0.1, 0.15) is 29.8 Å². The first-order valence-corrected chi connectivity index (χ1v) is 7.13. The molecule has 128 valence electrons. The van der Waals surface area contributed by atoms with E-state index in [1.165, 1.54) is 12.1 Å². The molecule has 1 saturated carbocycles. The molecule has 0 bridgehead atoms. The quantitative estimate of drug-likeness (QED) is 0.797. The maximum Gasteiger partial charge on any atom is 0.573 e. The Bertz CT molecular complexity index is 809. The maximum absolute atomic E-state index is 12.2. The number of aromatic nitrogens is 1. The topological polar surface area (TPSA) is 91.4 Å². The lowest BCUT2D eigenvalue weighted by molar-refractivity contribution is -0.274. The fraction of sp³-hybridized carbons (Fsp3) is 0.333. The molecule has 0 radical (unpaired) electrons. The van der Waals surface area contributed by atoms with Gasteiger partial charge in [-0.3, -0.25) is 4.79 Å². The summed E-state index contributed by atoms with van der Waals surface area (Å²) in [5, 5.41) is 12.2. The molecular formula is C15H13F3N2O4. The average molecular weight is 342 g/mol. The molecule has 24 heavy (non-hydrogen) atoms. The first-order chi connectivity index (χ1) is 11.2. The third-order valence-electron chi connectivity index (χ3n) is 4.04. The first-order valence-electron chi connectivity index (χ1n) is 7.13. The van der Waals surface area contributed by atoms with Gasteiger partial charge < -0.3 is 20.1 Å². The Morgan fingerprint density at radius 1 is 1.25 bits per heavy atom. The normalized spacial score (nSPS) is 16.5. The summed E-state index contributed by atoms with van der Waals surface area (Å²) in [5.41, 5.74) is -0.916. The average Bonchev–Trinajstić information content (AvgIpc) is 2.83. The highest BCUT2D eigenvalue weighted by Gasteiger charge is 2.45. The fourth-order valence-electron chi connectivity index (χ4n) is 2.63. The number of carboxylic acids is 1. The van der Waals surface area contributed by atoms with Gasteiger partial charge in [0.05, 0.1) is 0 Å². The van der Waals surface area contributed by atoms with Gasteiger partial charge in [-0.15, -0.1) is 13.2 Å². The SMILES string of the molecule is O=C(NC1(C(=O)O)CCC1)c1cc2ccc(OC(F)(F)F)cc2[nH]1. The third kappa shape index (κ3) is 3.01. The van der Waals surface area contributed by atoms with Gasteiger partial charge in [-0.2, -0.15) is 0 Å². The highest BCUT2D eigenvalue weighted by atomic mass is 19.4. The van der Waals surface area contributed by atoms with Crippen molar-refractivity contribution in [2.24, 2.45) is 0 Å². The zero-order valence-corrected chi connectivity index (χ0v) is 12.2. The Morgan fingerprint density at radius 2 is 1.96 bits per heavy atom. The van der Waals surface area contributed by atoms with Crippen molar-refractivity contribution in [2.75, 3.05) is 0 Å². The molecule has 9 heteroatoms. The number of halogens is 3. The van der Waals surface area contributed by atoms with Crippen LogP contribution in [0.4, 0.5) is 13.2 Å². The Kier molecular flexibility index (Phi) is 3.66.